The first-order valence-electron chi connectivity index (χ1n) is 7.18. The van der Waals surface area contributed by atoms with E-state index >= 15 is 0 Å². The molecule has 112 valence electrons. The number of sulfonamides is 1. The number of rotatable bonds is 4. The Morgan fingerprint density at radius 1 is 1.14 bits per heavy atom. The Bertz CT molecular complexity index is 780. The van der Waals surface area contributed by atoms with Crippen molar-refractivity contribution in [2.45, 2.75) is 31.1 Å². The van der Waals surface area contributed by atoms with Gasteiger partial charge in [-0.3, -0.25) is 0 Å². The molecular weight excluding hydrogens is 284 g/mol. The largest absolute Gasteiger partial charge is 0.398 e. The molecule has 2 aromatic carbocycles. The average Bonchev–Trinajstić information content (AvgIpc) is 2.43. The molecule has 0 saturated heterocycles. The van der Waals surface area contributed by atoms with Crippen molar-refractivity contribution in [1.82, 2.24) is 4.72 Å². The van der Waals surface area contributed by atoms with E-state index < -0.39 is 10.0 Å². The van der Waals surface area contributed by atoms with E-state index in [0.29, 0.717) is 22.5 Å². The highest BCUT2D eigenvalue weighted by molar-refractivity contribution is 7.89. The number of nitrogens with one attached hydrogen (secondary N) is 1. The third kappa shape index (κ3) is 2.63. The normalized spacial score (nSPS) is 17.6. The molecule has 0 heterocycles. The number of benzene rings is 2. The fourth-order valence-corrected chi connectivity index (χ4v) is 4.24. The summed E-state index contributed by atoms with van der Waals surface area (Å²) in [6, 6.07) is 10.6. The zero-order valence-corrected chi connectivity index (χ0v) is 12.9. The van der Waals surface area contributed by atoms with Crippen molar-refractivity contribution >= 4 is 26.5 Å². The van der Waals surface area contributed by atoms with E-state index in [1.54, 1.807) is 18.2 Å². The molecule has 21 heavy (non-hydrogen) atoms. The van der Waals surface area contributed by atoms with Gasteiger partial charge in [-0.1, -0.05) is 37.6 Å². The van der Waals surface area contributed by atoms with Crippen molar-refractivity contribution in [3.05, 3.63) is 36.4 Å². The number of fused-ring (bicyclic) bond motifs is 1. The number of hydrogen-bond donors (Lipinski definition) is 2. The lowest BCUT2D eigenvalue weighted by molar-refractivity contribution is 0.166. The summed E-state index contributed by atoms with van der Waals surface area (Å²) in [5, 5.41) is 1.44. The van der Waals surface area contributed by atoms with E-state index in [0.717, 1.165) is 18.2 Å². The molecule has 3 rings (SSSR count). The van der Waals surface area contributed by atoms with Gasteiger partial charge in [-0.05, 0) is 30.4 Å². The highest BCUT2D eigenvalue weighted by atomic mass is 32.2. The molecule has 1 aliphatic rings. The van der Waals surface area contributed by atoms with Crippen LogP contribution in [0.15, 0.2) is 41.3 Å². The highest BCUT2D eigenvalue weighted by Gasteiger charge is 2.33. The van der Waals surface area contributed by atoms with Crippen LogP contribution in [0.1, 0.15) is 26.2 Å². The maximum absolute atomic E-state index is 12.6. The van der Waals surface area contributed by atoms with Crippen LogP contribution >= 0.6 is 0 Å². The third-order valence-corrected chi connectivity index (χ3v) is 5.92. The van der Waals surface area contributed by atoms with Gasteiger partial charge in [0.15, 0.2) is 0 Å². The lowest BCUT2D eigenvalue weighted by Gasteiger charge is -2.38. The maximum Gasteiger partial charge on any atom is 0.241 e. The average molecular weight is 304 g/mol. The number of nitrogen functional groups attached to an aromatic ring is 1. The Balaban J connectivity index is 1.97. The van der Waals surface area contributed by atoms with Crippen molar-refractivity contribution in [2.24, 2.45) is 5.41 Å². The van der Waals surface area contributed by atoms with Crippen LogP contribution in [0.4, 0.5) is 5.69 Å². The molecule has 2 aromatic rings. The van der Waals surface area contributed by atoms with Crippen molar-refractivity contribution in [1.29, 1.82) is 0 Å². The standard InChI is InChI=1S/C16H20N2O2S/c1-16(9-4-10-16)11-18-21(19,20)15-8-7-14(17)12-5-2-3-6-13(12)15/h2-3,5-8,18H,4,9-11,17H2,1H3. The molecule has 0 unspecified atom stereocenters. The van der Waals surface area contributed by atoms with Gasteiger partial charge in [0.25, 0.3) is 0 Å². The summed E-state index contributed by atoms with van der Waals surface area (Å²) >= 11 is 0. The summed E-state index contributed by atoms with van der Waals surface area (Å²) in [6.45, 7) is 2.62. The smallest absolute Gasteiger partial charge is 0.241 e. The molecule has 1 aliphatic carbocycles. The molecule has 0 atom stereocenters. The first-order chi connectivity index (χ1) is 9.91. The summed E-state index contributed by atoms with van der Waals surface area (Å²) in [5.74, 6) is 0. The van der Waals surface area contributed by atoms with Gasteiger partial charge < -0.3 is 5.73 Å². The second-order valence-electron chi connectivity index (χ2n) is 6.19. The summed E-state index contributed by atoms with van der Waals surface area (Å²) < 4.78 is 27.9. The van der Waals surface area contributed by atoms with Crippen LogP contribution in [0, 0.1) is 5.41 Å². The van der Waals surface area contributed by atoms with Gasteiger partial charge in [0.2, 0.25) is 10.0 Å². The van der Waals surface area contributed by atoms with Crippen LogP contribution < -0.4 is 10.5 Å². The van der Waals surface area contributed by atoms with E-state index in [4.69, 9.17) is 5.73 Å². The van der Waals surface area contributed by atoms with Gasteiger partial charge >= 0.3 is 0 Å². The first kappa shape index (κ1) is 14.4. The predicted octanol–water partition coefficient (Wildman–Crippen LogP) is 2.89. The minimum Gasteiger partial charge on any atom is -0.398 e. The number of hydrogen-bond acceptors (Lipinski definition) is 3. The predicted molar refractivity (Wildman–Crippen MR) is 85.5 cm³/mol. The molecule has 0 amide bonds. The number of nitrogens with two attached hydrogens (primary N) is 1. The van der Waals surface area contributed by atoms with E-state index in [-0.39, 0.29) is 5.41 Å². The zero-order valence-electron chi connectivity index (χ0n) is 12.1. The molecule has 3 N–H and O–H groups in total. The van der Waals surface area contributed by atoms with Gasteiger partial charge in [0.05, 0.1) is 4.90 Å². The van der Waals surface area contributed by atoms with Gasteiger partial charge in [-0.15, -0.1) is 0 Å². The maximum atomic E-state index is 12.6. The van der Waals surface area contributed by atoms with Gasteiger partial charge in [0.1, 0.15) is 0 Å². The van der Waals surface area contributed by atoms with Crippen LogP contribution in [-0.4, -0.2) is 15.0 Å². The van der Waals surface area contributed by atoms with Crippen molar-refractivity contribution in [3.8, 4) is 0 Å². The van der Waals surface area contributed by atoms with Crippen LogP contribution in [0.3, 0.4) is 0 Å². The minimum absolute atomic E-state index is 0.108. The van der Waals surface area contributed by atoms with Crippen LogP contribution in [0.2, 0.25) is 0 Å². The Morgan fingerprint density at radius 2 is 1.81 bits per heavy atom. The van der Waals surface area contributed by atoms with Gasteiger partial charge in [-0.2, -0.15) is 0 Å². The molecule has 5 heteroatoms. The van der Waals surface area contributed by atoms with Crippen molar-refractivity contribution < 1.29 is 8.42 Å². The number of anilines is 1. The van der Waals surface area contributed by atoms with Crippen LogP contribution in [0.25, 0.3) is 10.8 Å². The van der Waals surface area contributed by atoms with E-state index in [9.17, 15) is 8.42 Å². The fraction of sp³-hybridized carbons (Fsp3) is 0.375. The van der Waals surface area contributed by atoms with E-state index in [1.807, 2.05) is 18.2 Å². The highest BCUT2D eigenvalue weighted by Crippen LogP contribution is 2.39. The van der Waals surface area contributed by atoms with E-state index in [1.165, 1.54) is 6.42 Å². The Hall–Kier alpha value is -1.59. The molecule has 1 saturated carbocycles. The molecule has 0 aliphatic heterocycles. The fourth-order valence-electron chi connectivity index (χ4n) is 2.83. The second kappa shape index (κ2) is 5.00. The molecule has 0 aromatic heterocycles. The van der Waals surface area contributed by atoms with Crippen molar-refractivity contribution in [2.75, 3.05) is 12.3 Å². The van der Waals surface area contributed by atoms with Crippen LogP contribution in [-0.2, 0) is 10.0 Å². The molecule has 0 radical (unpaired) electrons. The molecule has 1 fully saturated rings. The molecular formula is C16H20N2O2S. The topological polar surface area (TPSA) is 72.2 Å². The molecule has 0 spiro atoms. The Morgan fingerprint density at radius 3 is 2.43 bits per heavy atom. The summed E-state index contributed by atoms with van der Waals surface area (Å²) in [7, 11) is -3.52. The minimum atomic E-state index is -3.52. The SMILES string of the molecule is CC1(CNS(=O)(=O)c2ccc(N)c3ccccc23)CCC1. The lowest BCUT2D eigenvalue weighted by Crippen LogP contribution is -2.39. The quantitative estimate of drug-likeness (QED) is 0.853. The summed E-state index contributed by atoms with van der Waals surface area (Å²) in [4.78, 5) is 0.301. The van der Waals surface area contributed by atoms with Crippen LogP contribution in [0.5, 0.6) is 0 Å². The first-order valence-corrected chi connectivity index (χ1v) is 8.67. The van der Waals surface area contributed by atoms with Gasteiger partial charge in [-0.25, -0.2) is 13.1 Å². The third-order valence-electron chi connectivity index (χ3n) is 4.46. The molecule has 0 bridgehead atoms. The van der Waals surface area contributed by atoms with Crippen molar-refractivity contribution in [3.63, 3.8) is 0 Å². The second-order valence-corrected chi connectivity index (χ2v) is 7.92. The van der Waals surface area contributed by atoms with Gasteiger partial charge in [0, 0.05) is 23.0 Å². The Labute approximate surface area is 125 Å². The van der Waals surface area contributed by atoms with E-state index in [2.05, 4.69) is 11.6 Å². The summed E-state index contributed by atoms with van der Waals surface area (Å²) in [5.41, 5.74) is 6.63. The lowest BCUT2D eigenvalue weighted by atomic mass is 9.71. The Kier molecular flexibility index (Phi) is 3.42. The summed E-state index contributed by atoms with van der Waals surface area (Å²) in [6.07, 6.45) is 3.35. The molecule has 4 nitrogen and oxygen atoms in total. The zero-order chi connectivity index (χ0) is 15.1. The monoisotopic (exact) mass is 304 g/mol.